The second-order valence-electron chi connectivity index (χ2n) is 6.90. The number of nitrogens with one attached hydrogen (secondary N) is 1. The first-order valence-electron chi connectivity index (χ1n) is 9.82. The first-order valence-corrected chi connectivity index (χ1v) is 11.5. The molecule has 0 radical (unpaired) electrons. The van der Waals surface area contributed by atoms with Gasteiger partial charge in [0.1, 0.15) is 5.75 Å². The zero-order chi connectivity index (χ0) is 19.9. The standard InChI is InChI=1S/C20H28N4O2S2/c1-4-24(16-8-6-5-7-9-16)18(25)14(2)27-20-23-22-19(28-20)21-15-10-12-17(26-3)13-11-15/h10-14,16H,4-9H2,1-3H3,(H,21,22)/t14-/m0/s1. The molecule has 1 saturated carbocycles. The smallest absolute Gasteiger partial charge is 0.236 e. The summed E-state index contributed by atoms with van der Waals surface area (Å²) in [6, 6.07) is 8.05. The Bertz CT molecular complexity index is 760. The summed E-state index contributed by atoms with van der Waals surface area (Å²) in [6.45, 7) is 4.82. The van der Waals surface area contributed by atoms with Crippen molar-refractivity contribution in [2.24, 2.45) is 0 Å². The lowest BCUT2D eigenvalue weighted by Gasteiger charge is -2.35. The summed E-state index contributed by atoms with van der Waals surface area (Å²) in [4.78, 5) is 15.0. The molecule has 1 fully saturated rings. The van der Waals surface area contributed by atoms with E-state index >= 15 is 0 Å². The molecule has 3 rings (SSSR count). The van der Waals surface area contributed by atoms with Crippen molar-refractivity contribution < 1.29 is 9.53 Å². The molecule has 1 aromatic heterocycles. The first kappa shape index (κ1) is 20.9. The first-order chi connectivity index (χ1) is 13.6. The summed E-state index contributed by atoms with van der Waals surface area (Å²) in [5.74, 6) is 1.02. The quantitative estimate of drug-likeness (QED) is 0.609. The van der Waals surface area contributed by atoms with Crippen LogP contribution < -0.4 is 10.1 Å². The van der Waals surface area contributed by atoms with Crippen LogP contribution in [-0.4, -0.2) is 46.0 Å². The number of ether oxygens (including phenoxy) is 1. The number of benzene rings is 1. The Kier molecular flexibility index (Phi) is 7.56. The van der Waals surface area contributed by atoms with Crippen LogP contribution in [0, 0.1) is 0 Å². The van der Waals surface area contributed by atoms with Crippen LogP contribution >= 0.6 is 23.1 Å². The molecule has 2 aromatic rings. The molecule has 0 aliphatic heterocycles. The predicted molar refractivity (Wildman–Crippen MR) is 116 cm³/mol. The van der Waals surface area contributed by atoms with E-state index in [0.717, 1.165) is 35.2 Å². The highest BCUT2D eigenvalue weighted by molar-refractivity contribution is 8.02. The number of amides is 1. The van der Waals surface area contributed by atoms with Crippen LogP contribution in [0.5, 0.6) is 5.75 Å². The highest BCUT2D eigenvalue weighted by Crippen LogP contribution is 2.32. The molecule has 1 N–H and O–H groups in total. The Morgan fingerprint density at radius 3 is 2.64 bits per heavy atom. The maximum Gasteiger partial charge on any atom is 0.236 e. The Labute approximate surface area is 175 Å². The molecule has 0 saturated heterocycles. The average Bonchev–Trinajstić information content (AvgIpc) is 3.16. The third-order valence-corrected chi connectivity index (χ3v) is 7.02. The molecule has 1 aliphatic carbocycles. The molecule has 1 aliphatic rings. The zero-order valence-corrected chi connectivity index (χ0v) is 18.3. The topological polar surface area (TPSA) is 67.4 Å². The molecular formula is C20H28N4O2S2. The molecule has 1 atom stereocenters. The molecule has 1 aromatic carbocycles. The predicted octanol–water partition coefficient (Wildman–Crippen LogP) is 4.95. The Morgan fingerprint density at radius 1 is 1.29 bits per heavy atom. The van der Waals surface area contributed by atoms with Gasteiger partial charge in [-0.05, 0) is 51.0 Å². The van der Waals surface area contributed by atoms with E-state index in [-0.39, 0.29) is 11.2 Å². The maximum atomic E-state index is 13.0. The Balaban J connectivity index is 1.57. The van der Waals surface area contributed by atoms with Crippen LogP contribution in [0.25, 0.3) is 0 Å². The van der Waals surface area contributed by atoms with Crippen LogP contribution in [0.4, 0.5) is 10.8 Å². The van der Waals surface area contributed by atoms with Gasteiger partial charge in [0.2, 0.25) is 11.0 Å². The van der Waals surface area contributed by atoms with Crippen molar-refractivity contribution in [3.8, 4) is 5.75 Å². The highest BCUT2D eigenvalue weighted by Gasteiger charge is 2.28. The van der Waals surface area contributed by atoms with Gasteiger partial charge >= 0.3 is 0 Å². The number of rotatable bonds is 8. The van der Waals surface area contributed by atoms with Crippen LogP contribution in [-0.2, 0) is 4.79 Å². The number of nitrogens with zero attached hydrogens (tertiary/aromatic N) is 3. The van der Waals surface area contributed by atoms with Gasteiger partial charge in [0.05, 0.1) is 12.4 Å². The lowest BCUT2D eigenvalue weighted by molar-refractivity contribution is -0.133. The molecule has 152 valence electrons. The second kappa shape index (κ2) is 10.1. The van der Waals surface area contributed by atoms with Gasteiger partial charge in [-0.1, -0.05) is 42.4 Å². The zero-order valence-electron chi connectivity index (χ0n) is 16.7. The van der Waals surface area contributed by atoms with Crippen molar-refractivity contribution in [1.82, 2.24) is 15.1 Å². The van der Waals surface area contributed by atoms with E-state index in [1.165, 1.54) is 42.4 Å². The number of thioether (sulfide) groups is 1. The van der Waals surface area contributed by atoms with Gasteiger partial charge in [0.15, 0.2) is 4.34 Å². The van der Waals surface area contributed by atoms with Gasteiger partial charge in [-0.15, -0.1) is 10.2 Å². The van der Waals surface area contributed by atoms with E-state index in [1.54, 1.807) is 7.11 Å². The molecule has 6 nitrogen and oxygen atoms in total. The monoisotopic (exact) mass is 420 g/mol. The van der Waals surface area contributed by atoms with Gasteiger partial charge in [0, 0.05) is 18.3 Å². The maximum absolute atomic E-state index is 13.0. The van der Waals surface area contributed by atoms with Crippen LogP contribution in [0.1, 0.15) is 46.0 Å². The normalized spacial score (nSPS) is 15.8. The third-order valence-electron chi connectivity index (χ3n) is 5.01. The minimum absolute atomic E-state index is 0.163. The fourth-order valence-corrected chi connectivity index (χ4v) is 5.51. The van der Waals surface area contributed by atoms with Gasteiger partial charge in [0.25, 0.3) is 0 Å². The van der Waals surface area contributed by atoms with Crippen LogP contribution in [0.15, 0.2) is 28.6 Å². The van der Waals surface area contributed by atoms with E-state index in [2.05, 4.69) is 27.3 Å². The number of hydrogen-bond acceptors (Lipinski definition) is 7. The van der Waals surface area contributed by atoms with Crippen LogP contribution in [0.2, 0.25) is 0 Å². The van der Waals surface area contributed by atoms with E-state index in [0.29, 0.717) is 11.2 Å². The molecule has 0 unspecified atom stereocenters. The van der Waals surface area contributed by atoms with Crippen molar-refractivity contribution in [2.45, 2.75) is 61.6 Å². The van der Waals surface area contributed by atoms with Gasteiger partial charge in [-0.25, -0.2) is 0 Å². The van der Waals surface area contributed by atoms with Crippen molar-refractivity contribution in [3.63, 3.8) is 0 Å². The molecular weight excluding hydrogens is 392 g/mol. The lowest BCUT2D eigenvalue weighted by atomic mass is 9.94. The summed E-state index contributed by atoms with van der Waals surface area (Å²) in [5.41, 5.74) is 0.923. The largest absolute Gasteiger partial charge is 0.497 e. The van der Waals surface area contributed by atoms with Gasteiger partial charge in [-0.2, -0.15) is 0 Å². The van der Waals surface area contributed by atoms with Gasteiger partial charge < -0.3 is 15.0 Å². The lowest BCUT2D eigenvalue weighted by Crippen LogP contribution is -2.44. The summed E-state index contributed by atoms with van der Waals surface area (Å²) in [7, 11) is 1.65. The number of anilines is 2. The highest BCUT2D eigenvalue weighted by atomic mass is 32.2. The Morgan fingerprint density at radius 2 is 2.00 bits per heavy atom. The molecule has 28 heavy (non-hydrogen) atoms. The minimum atomic E-state index is -0.163. The summed E-state index contributed by atoms with van der Waals surface area (Å²) in [5, 5.41) is 12.2. The third kappa shape index (κ3) is 5.38. The van der Waals surface area contributed by atoms with Crippen LogP contribution in [0.3, 0.4) is 0 Å². The summed E-state index contributed by atoms with van der Waals surface area (Å²) < 4.78 is 5.97. The Hall–Kier alpha value is -1.80. The second-order valence-corrected chi connectivity index (χ2v) is 9.47. The molecule has 1 amide bonds. The number of methoxy groups -OCH3 is 1. The van der Waals surface area contributed by atoms with E-state index in [4.69, 9.17) is 4.74 Å². The number of carbonyl (C=O) groups excluding carboxylic acids is 1. The minimum Gasteiger partial charge on any atom is -0.497 e. The SMILES string of the molecule is CCN(C(=O)[C@H](C)Sc1nnc(Nc2ccc(OC)cc2)s1)C1CCCCC1. The number of aromatic nitrogens is 2. The number of hydrogen-bond donors (Lipinski definition) is 1. The van der Waals surface area contributed by atoms with Crippen molar-refractivity contribution in [2.75, 3.05) is 19.0 Å². The van der Waals surface area contributed by atoms with Gasteiger partial charge in [-0.3, -0.25) is 4.79 Å². The molecule has 0 bridgehead atoms. The summed E-state index contributed by atoms with van der Waals surface area (Å²) >= 11 is 2.96. The van der Waals surface area contributed by atoms with E-state index in [9.17, 15) is 4.79 Å². The average molecular weight is 421 g/mol. The molecule has 8 heteroatoms. The fraction of sp³-hybridized carbons (Fsp3) is 0.550. The fourth-order valence-electron chi connectivity index (χ4n) is 3.53. The number of carbonyl (C=O) groups is 1. The van der Waals surface area contributed by atoms with E-state index < -0.39 is 0 Å². The van der Waals surface area contributed by atoms with E-state index in [1.807, 2.05) is 31.2 Å². The molecule has 1 heterocycles. The van der Waals surface area contributed by atoms with Crippen molar-refractivity contribution in [1.29, 1.82) is 0 Å². The van der Waals surface area contributed by atoms with Crippen molar-refractivity contribution >= 4 is 39.8 Å². The summed E-state index contributed by atoms with van der Waals surface area (Å²) in [6.07, 6.45) is 6.01. The van der Waals surface area contributed by atoms with Crippen molar-refractivity contribution in [3.05, 3.63) is 24.3 Å². The molecule has 0 spiro atoms.